The number of hydrogen-bond donors (Lipinski definition) is 3. The molecule has 0 amide bonds. The molecule has 126 valence electrons. The molecular formula is C16H14N6O2S. The van der Waals surface area contributed by atoms with Crippen molar-refractivity contribution in [2.45, 2.75) is 4.90 Å². The molecule has 0 unspecified atom stereocenters. The average molecular weight is 354 g/mol. The molecule has 0 aliphatic carbocycles. The maximum Gasteiger partial charge on any atom is 0.240 e. The summed E-state index contributed by atoms with van der Waals surface area (Å²) >= 11 is 0. The van der Waals surface area contributed by atoms with Gasteiger partial charge in [-0.3, -0.25) is 4.98 Å². The molecule has 0 spiro atoms. The summed E-state index contributed by atoms with van der Waals surface area (Å²) in [6.07, 6.45) is 4.89. The van der Waals surface area contributed by atoms with Gasteiger partial charge in [-0.2, -0.15) is 0 Å². The Morgan fingerprint density at radius 3 is 2.88 bits per heavy atom. The maximum atomic E-state index is 12.0. The Balaban J connectivity index is 1.83. The molecule has 4 rings (SSSR count). The van der Waals surface area contributed by atoms with Crippen LogP contribution in [0.2, 0.25) is 0 Å². The number of H-pyrrole nitrogens is 1. The Kier molecular flexibility index (Phi) is 3.59. The molecule has 0 fully saturated rings. The number of aromatic nitrogens is 4. The number of anilines is 2. The van der Waals surface area contributed by atoms with E-state index in [2.05, 4.69) is 30.0 Å². The number of hydrogen-bond acceptors (Lipinski definition) is 6. The van der Waals surface area contributed by atoms with Gasteiger partial charge in [-0.1, -0.05) is 6.07 Å². The second-order valence-electron chi connectivity index (χ2n) is 5.35. The van der Waals surface area contributed by atoms with Crippen molar-refractivity contribution in [3.63, 3.8) is 0 Å². The van der Waals surface area contributed by atoms with Crippen LogP contribution in [0.3, 0.4) is 0 Å². The van der Waals surface area contributed by atoms with Gasteiger partial charge in [-0.25, -0.2) is 23.1 Å². The van der Waals surface area contributed by atoms with Crippen LogP contribution in [0.25, 0.3) is 21.9 Å². The first-order chi connectivity index (χ1) is 12.1. The first-order valence-corrected chi connectivity index (χ1v) is 8.94. The number of nitrogens with one attached hydrogen (secondary N) is 3. The van der Waals surface area contributed by atoms with Crippen LogP contribution < -0.4 is 10.0 Å². The molecule has 0 saturated carbocycles. The Labute approximate surface area is 143 Å². The van der Waals surface area contributed by atoms with E-state index in [9.17, 15) is 8.42 Å². The third-order valence-corrected chi connectivity index (χ3v) is 5.28. The maximum absolute atomic E-state index is 12.0. The molecule has 3 N–H and O–H groups in total. The minimum atomic E-state index is -3.52. The highest BCUT2D eigenvalue weighted by atomic mass is 32.2. The zero-order valence-electron chi connectivity index (χ0n) is 13.2. The fourth-order valence-electron chi connectivity index (χ4n) is 2.66. The van der Waals surface area contributed by atoms with Crippen LogP contribution in [-0.2, 0) is 10.0 Å². The minimum Gasteiger partial charge on any atom is -0.340 e. The quantitative estimate of drug-likeness (QED) is 0.518. The van der Waals surface area contributed by atoms with E-state index in [1.54, 1.807) is 30.6 Å². The van der Waals surface area contributed by atoms with Gasteiger partial charge in [0.25, 0.3) is 0 Å². The summed E-state index contributed by atoms with van der Waals surface area (Å²) in [5.41, 5.74) is 2.19. The van der Waals surface area contributed by atoms with Gasteiger partial charge >= 0.3 is 0 Å². The Bertz CT molecular complexity index is 1190. The number of nitrogens with zero attached hydrogens (tertiary/aromatic N) is 3. The summed E-state index contributed by atoms with van der Waals surface area (Å²) in [6.45, 7) is 0. The molecule has 0 aliphatic rings. The average Bonchev–Trinajstić information content (AvgIpc) is 3.01. The third-order valence-electron chi connectivity index (χ3n) is 3.87. The Hall–Kier alpha value is -3.04. The lowest BCUT2D eigenvalue weighted by molar-refractivity contribution is 0.588. The van der Waals surface area contributed by atoms with Crippen LogP contribution in [0.4, 0.5) is 11.5 Å². The van der Waals surface area contributed by atoms with Crippen LogP contribution >= 0.6 is 0 Å². The van der Waals surface area contributed by atoms with Crippen LogP contribution in [0.5, 0.6) is 0 Å². The van der Waals surface area contributed by atoms with E-state index < -0.39 is 10.0 Å². The molecule has 0 atom stereocenters. The summed E-state index contributed by atoms with van der Waals surface area (Å²) in [4.78, 5) is 16.1. The molecule has 3 aromatic heterocycles. The molecule has 9 heteroatoms. The molecule has 0 bridgehead atoms. The van der Waals surface area contributed by atoms with E-state index in [4.69, 9.17) is 0 Å². The monoisotopic (exact) mass is 354 g/mol. The van der Waals surface area contributed by atoms with E-state index in [1.807, 2.05) is 6.07 Å². The lowest BCUT2D eigenvalue weighted by Gasteiger charge is -2.09. The Morgan fingerprint density at radius 2 is 2.04 bits per heavy atom. The molecule has 3 heterocycles. The first-order valence-electron chi connectivity index (χ1n) is 7.45. The molecule has 0 radical (unpaired) electrons. The van der Waals surface area contributed by atoms with Gasteiger partial charge in [0.05, 0.1) is 15.8 Å². The highest BCUT2D eigenvalue weighted by Gasteiger charge is 2.14. The molecule has 4 aromatic rings. The van der Waals surface area contributed by atoms with Crippen molar-refractivity contribution in [3.05, 3.63) is 49.1 Å². The van der Waals surface area contributed by atoms with Crippen molar-refractivity contribution in [2.75, 3.05) is 12.4 Å². The summed E-state index contributed by atoms with van der Waals surface area (Å²) < 4.78 is 26.3. The second kappa shape index (κ2) is 5.80. The van der Waals surface area contributed by atoms with Crippen molar-refractivity contribution in [2.24, 2.45) is 0 Å². The van der Waals surface area contributed by atoms with E-state index >= 15 is 0 Å². The van der Waals surface area contributed by atoms with Crippen LogP contribution in [-0.4, -0.2) is 35.4 Å². The fraction of sp³-hybridized carbons (Fsp3) is 0.0625. The number of sulfonamides is 1. The van der Waals surface area contributed by atoms with Gasteiger partial charge in [0.2, 0.25) is 10.0 Å². The molecule has 0 saturated heterocycles. The van der Waals surface area contributed by atoms with Crippen molar-refractivity contribution in [1.82, 2.24) is 24.7 Å². The van der Waals surface area contributed by atoms with Gasteiger partial charge in [0, 0.05) is 23.5 Å². The Morgan fingerprint density at radius 1 is 1.16 bits per heavy atom. The lowest BCUT2D eigenvalue weighted by Crippen LogP contribution is -2.18. The van der Waals surface area contributed by atoms with Gasteiger partial charge in [-0.05, 0) is 31.3 Å². The van der Waals surface area contributed by atoms with Gasteiger partial charge < -0.3 is 10.3 Å². The molecule has 0 aliphatic heterocycles. The zero-order valence-corrected chi connectivity index (χ0v) is 14.0. The number of benzene rings is 1. The molecule has 25 heavy (non-hydrogen) atoms. The van der Waals surface area contributed by atoms with Gasteiger partial charge in [0.15, 0.2) is 0 Å². The number of aromatic amines is 1. The molecular weight excluding hydrogens is 340 g/mol. The first kappa shape index (κ1) is 15.5. The second-order valence-corrected chi connectivity index (χ2v) is 7.24. The zero-order chi connectivity index (χ0) is 17.4. The van der Waals surface area contributed by atoms with E-state index in [-0.39, 0.29) is 4.90 Å². The molecule has 1 aromatic carbocycles. The van der Waals surface area contributed by atoms with Crippen LogP contribution in [0, 0.1) is 0 Å². The van der Waals surface area contributed by atoms with Gasteiger partial charge in [0.1, 0.15) is 17.8 Å². The van der Waals surface area contributed by atoms with Crippen LogP contribution in [0.15, 0.2) is 53.9 Å². The smallest absolute Gasteiger partial charge is 0.240 e. The minimum absolute atomic E-state index is 0.172. The topological polar surface area (TPSA) is 113 Å². The highest BCUT2D eigenvalue weighted by molar-refractivity contribution is 7.89. The van der Waals surface area contributed by atoms with Crippen molar-refractivity contribution < 1.29 is 8.42 Å². The molecule has 8 nitrogen and oxygen atoms in total. The van der Waals surface area contributed by atoms with Crippen LogP contribution in [0.1, 0.15) is 0 Å². The summed E-state index contributed by atoms with van der Waals surface area (Å²) in [7, 11) is -2.14. The van der Waals surface area contributed by atoms with Crippen molar-refractivity contribution in [1.29, 1.82) is 0 Å². The standard InChI is InChI=1S/C16H14N6O2S/c1-17-25(23,24)11-4-2-3-10(7-11)21-15-14-12-8-18-6-5-13(12)22-16(14)20-9-19-15/h2-9,17H,1H3,(H2,19,20,21,22). The SMILES string of the molecule is CNS(=O)(=O)c1cccc(Nc2ncnc3[nH]c4ccncc4c23)c1. The summed E-state index contributed by atoms with van der Waals surface area (Å²) in [6, 6.07) is 8.38. The van der Waals surface area contributed by atoms with E-state index in [0.717, 1.165) is 16.3 Å². The predicted octanol–water partition coefficient (Wildman–Crippen LogP) is 2.16. The highest BCUT2D eigenvalue weighted by Crippen LogP contribution is 2.30. The summed E-state index contributed by atoms with van der Waals surface area (Å²) in [5, 5.41) is 4.86. The third kappa shape index (κ3) is 2.69. The van der Waals surface area contributed by atoms with Crippen molar-refractivity contribution >= 4 is 43.5 Å². The van der Waals surface area contributed by atoms with E-state index in [1.165, 1.54) is 19.4 Å². The number of rotatable bonds is 4. The number of fused-ring (bicyclic) bond motifs is 3. The predicted molar refractivity (Wildman–Crippen MR) is 95.2 cm³/mol. The van der Waals surface area contributed by atoms with Crippen molar-refractivity contribution in [3.8, 4) is 0 Å². The lowest BCUT2D eigenvalue weighted by atomic mass is 10.2. The largest absolute Gasteiger partial charge is 0.340 e. The number of pyridine rings is 1. The van der Waals surface area contributed by atoms with E-state index in [0.29, 0.717) is 17.2 Å². The summed E-state index contributed by atoms with van der Waals surface area (Å²) in [5.74, 6) is 0.572. The fourth-order valence-corrected chi connectivity index (χ4v) is 3.43. The van der Waals surface area contributed by atoms with Gasteiger partial charge in [-0.15, -0.1) is 0 Å². The normalized spacial score (nSPS) is 11.9.